The van der Waals surface area contributed by atoms with Crippen LogP contribution in [0.15, 0.2) is 54.6 Å². The van der Waals surface area contributed by atoms with Crippen molar-refractivity contribution >= 4 is 35.0 Å². The molecule has 3 aromatic carbocycles. The topological polar surface area (TPSA) is 106 Å². The molecule has 1 aliphatic heterocycles. The number of nitrogens with zero attached hydrogens (tertiary/aromatic N) is 1. The lowest BCUT2D eigenvalue weighted by Crippen LogP contribution is -2.26. The summed E-state index contributed by atoms with van der Waals surface area (Å²) in [6, 6.07) is 15.7. The number of likely N-dealkylation sites (tertiary alicyclic amines) is 1. The van der Waals surface area contributed by atoms with Gasteiger partial charge in [0.05, 0.1) is 6.67 Å². The van der Waals surface area contributed by atoms with E-state index in [1.54, 1.807) is 18.2 Å². The number of hydrogen-bond acceptors (Lipinski definition) is 7. The van der Waals surface area contributed by atoms with Crippen LogP contribution in [-0.2, 0) is 4.57 Å². The minimum Gasteiger partial charge on any atom is -0.489 e. The molecule has 0 saturated carbocycles. The van der Waals surface area contributed by atoms with Crippen LogP contribution in [-0.4, -0.2) is 52.9 Å². The predicted molar refractivity (Wildman–Crippen MR) is 161 cm³/mol. The first-order chi connectivity index (χ1) is 20.0. The SMILES string of the molecule is Cc1cc(C)c(C(=O)c2sc3cc(OP(=O)(O)O)ccc3c2Oc2ccc(O[C@H]3CCN(CCCF)C3)cc2)c(C)c1. The zero-order chi connectivity index (χ0) is 30.0. The summed E-state index contributed by atoms with van der Waals surface area (Å²) in [6.45, 7) is 7.83. The summed E-state index contributed by atoms with van der Waals surface area (Å²) in [5, 5.41) is 0.614. The van der Waals surface area contributed by atoms with Crippen molar-refractivity contribution in [3.05, 3.63) is 81.7 Å². The monoisotopic (exact) mass is 613 g/mol. The molecule has 0 radical (unpaired) electrons. The van der Waals surface area contributed by atoms with Gasteiger partial charge in [0.2, 0.25) is 5.78 Å². The van der Waals surface area contributed by atoms with Gasteiger partial charge in [-0.15, -0.1) is 11.3 Å². The Labute approximate surface area is 247 Å². The van der Waals surface area contributed by atoms with Crippen molar-refractivity contribution in [2.24, 2.45) is 0 Å². The molecule has 1 saturated heterocycles. The molecule has 222 valence electrons. The number of phosphoric ester groups is 1. The number of rotatable bonds is 11. The number of benzene rings is 3. The number of fused-ring (bicyclic) bond motifs is 1. The molecule has 2 N–H and O–H groups in total. The van der Waals surface area contributed by atoms with Crippen LogP contribution in [0.25, 0.3) is 10.1 Å². The fourth-order valence-electron chi connectivity index (χ4n) is 5.43. The molecule has 4 aromatic rings. The van der Waals surface area contributed by atoms with Gasteiger partial charge in [0.25, 0.3) is 0 Å². The fourth-order valence-corrected chi connectivity index (χ4v) is 6.92. The Morgan fingerprint density at radius 3 is 2.36 bits per heavy atom. The second-order valence-electron chi connectivity index (χ2n) is 10.5. The van der Waals surface area contributed by atoms with Gasteiger partial charge in [-0.25, -0.2) is 4.57 Å². The largest absolute Gasteiger partial charge is 0.524 e. The Morgan fingerprint density at radius 1 is 1.02 bits per heavy atom. The highest BCUT2D eigenvalue weighted by Crippen LogP contribution is 2.45. The summed E-state index contributed by atoms with van der Waals surface area (Å²) in [4.78, 5) is 35.1. The van der Waals surface area contributed by atoms with Gasteiger partial charge in [-0.05, 0) is 87.2 Å². The summed E-state index contributed by atoms with van der Waals surface area (Å²) in [6.07, 6.45) is 1.44. The van der Waals surface area contributed by atoms with Gasteiger partial charge in [-0.2, -0.15) is 0 Å². The average molecular weight is 614 g/mol. The number of hydrogen-bond donors (Lipinski definition) is 2. The molecular formula is C31H33FNO7PS. The third-order valence-electron chi connectivity index (χ3n) is 7.13. The molecule has 1 atom stereocenters. The Morgan fingerprint density at radius 2 is 1.69 bits per heavy atom. The van der Waals surface area contributed by atoms with E-state index in [9.17, 15) is 23.5 Å². The van der Waals surface area contributed by atoms with Crippen LogP contribution in [0.2, 0.25) is 0 Å². The van der Waals surface area contributed by atoms with Crippen molar-refractivity contribution in [3.8, 4) is 23.0 Å². The van der Waals surface area contributed by atoms with Crippen LogP contribution in [0.4, 0.5) is 4.39 Å². The van der Waals surface area contributed by atoms with E-state index in [4.69, 9.17) is 14.0 Å². The number of ketones is 1. The highest BCUT2D eigenvalue weighted by molar-refractivity contribution is 7.46. The molecule has 1 aliphatic rings. The lowest BCUT2D eigenvalue weighted by molar-refractivity contribution is 0.103. The Balaban J connectivity index is 1.44. The molecule has 42 heavy (non-hydrogen) atoms. The van der Waals surface area contributed by atoms with E-state index in [2.05, 4.69) is 4.90 Å². The lowest BCUT2D eigenvalue weighted by atomic mass is 9.95. The summed E-state index contributed by atoms with van der Waals surface area (Å²) in [7, 11) is -4.76. The number of aryl methyl sites for hydroxylation is 3. The second-order valence-corrected chi connectivity index (χ2v) is 12.8. The standard InChI is InChI=1S/C31H33FNO7PS/c1-19-15-20(2)28(21(3)16-19)29(34)31-30(26-10-9-24(17-27(26)42-31)40-41(35,36)37)39-23-7-5-22(6-8-23)38-25-11-14-33(18-25)13-4-12-32/h5-10,15-17,25H,4,11-14,18H2,1-3H3,(H2,35,36,37)/t25-/m0/s1. The van der Waals surface area contributed by atoms with E-state index in [0.29, 0.717) is 44.2 Å². The maximum absolute atomic E-state index is 14.0. The first-order valence-electron chi connectivity index (χ1n) is 13.7. The second kappa shape index (κ2) is 12.5. The molecule has 0 aliphatic carbocycles. The van der Waals surface area contributed by atoms with Crippen LogP contribution in [0.5, 0.6) is 23.0 Å². The highest BCUT2D eigenvalue weighted by Gasteiger charge is 2.26. The minimum atomic E-state index is -4.76. The van der Waals surface area contributed by atoms with Crippen LogP contribution in [0, 0.1) is 20.8 Å². The van der Waals surface area contributed by atoms with E-state index in [1.807, 2.05) is 45.0 Å². The van der Waals surface area contributed by atoms with Crippen molar-refractivity contribution in [1.29, 1.82) is 0 Å². The fraction of sp³-hybridized carbons (Fsp3) is 0.323. The van der Waals surface area contributed by atoms with Crippen LogP contribution in [0.3, 0.4) is 0 Å². The average Bonchev–Trinajstić information content (AvgIpc) is 3.51. The summed E-state index contributed by atoms with van der Waals surface area (Å²) < 4.78 is 41.8. The first-order valence-corrected chi connectivity index (χ1v) is 16.0. The molecule has 1 fully saturated rings. The van der Waals surface area contributed by atoms with Gasteiger partial charge in [-0.1, -0.05) is 17.7 Å². The van der Waals surface area contributed by atoms with Gasteiger partial charge in [0, 0.05) is 35.3 Å². The lowest BCUT2D eigenvalue weighted by Gasteiger charge is -2.16. The number of carbonyl (C=O) groups is 1. The third-order valence-corrected chi connectivity index (χ3v) is 8.72. The summed E-state index contributed by atoms with van der Waals surface area (Å²) in [5.41, 5.74) is 3.34. The van der Waals surface area contributed by atoms with Crippen LogP contribution >= 0.6 is 19.2 Å². The molecule has 1 aromatic heterocycles. The van der Waals surface area contributed by atoms with Crippen LogP contribution in [0.1, 0.15) is 44.8 Å². The summed E-state index contributed by atoms with van der Waals surface area (Å²) in [5.74, 6) is 1.34. The smallest absolute Gasteiger partial charge is 0.489 e. The molecule has 8 nitrogen and oxygen atoms in total. The van der Waals surface area contributed by atoms with E-state index in [1.165, 1.54) is 23.5 Å². The highest BCUT2D eigenvalue weighted by atomic mass is 32.1. The van der Waals surface area contributed by atoms with E-state index < -0.39 is 7.82 Å². The Bertz CT molecular complexity index is 1630. The molecule has 0 unspecified atom stereocenters. The van der Waals surface area contributed by atoms with Gasteiger partial charge in [0.15, 0.2) is 5.75 Å². The molecule has 0 bridgehead atoms. The maximum Gasteiger partial charge on any atom is 0.524 e. The van der Waals surface area contributed by atoms with Crippen molar-refractivity contribution in [3.63, 3.8) is 0 Å². The van der Waals surface area contributed by atoms with Gasteiger partial charge >= 0.3 is 7.82 Å². The minimum absolute atomic E-state index is 0.0120. The number of carbonyl (C=O) groups excluding carboxylic acids is 1. The number of ether oxygens (including phenoxy) is 2. The zero-order valence-corrected chi connectivity index (χ0v) is 25.3. The van der Waals surface area contributed by atoms with E-state index in [0.717, 1.165) is 42.7 Å². The normalized spacial score (nSPS) is 15.7. The first kappa shape index (κ1) is 30.2. The van der Waals surface area contributed by atoms with Gasteiger partial charge in [-0.3, -0.25) is 23.9 Å². The Kier molecular flexibility index (Phi) is 9.01. The van der Waals surface area contributed by atoms with E-state index in [-0.39, 0.29) is 24.3 Å². The number of phosphoric acid groups is 1. The quantitative estimate of drug-likeness (QED) is 0.136. The van der Waals surface area contributed by atoms with Crippen molar-refractivity contribution < 1.29 is 37.5 Å². The van der Waals surface area contributed by atoms with Gasteiger partial charge in [0.1, 0.15) is 28.2 Å². The van der Waals surface area contributed by atoms with Crippen molar-refractivity contribution in [1.82, 2.24) is 4.90 Å². The number of thiophene rings is 1. The number of alkyl halides is 1. The maximum atomic E-state index is 14.0. The third kappa shape index (κ3) is 7.02. The summed E-state index contributed by atoms with van der Waals surface area (Å²) >= 11 is 1.18. The number of halogens is 1. The van der Waals surface area contributed by atoms with Crippen LogP contribution < -0.4 is 14.0 Å². The van der Waals surface area contributed by atoms with Crippen molar-refractivity contribution in [2.45, 2.75) is 39.7 Å². The molecular weight excluding hydrogens is 580 g/mol. The molecule has 2 heterocycles. The van der Waals surface area contributed by atoms with Crippen molar-refractivity contribution in [2.75, 3.05) is 26.3 Å². The molecule has 0 spiro atoms. The van der Waals surface area contributed by atoms with Gasteiger partial charge < -0.3 is 14.0 Å². The zero-order valence-electron chi connectivity index (χ0n) is 23.6. The predicted octanol–water partition coefficient (Wildman–Crippen LogP) is 7.13. The molecule has 5 rings (SSSR count). The molecule has 11 heteroatoms. The Hall–Kier alpha value is -3.27. The van der Waals surface area contributed by atoms with E-state index >= 15 is 0 Å². The molecule has 0 amide bonds.